The van der Waals surface area contributed by atoms with Crippen molar-refractivity contribution in [2.45, 2.75) is 52.1 Å². The van der Waals surface area contributed by atoms with Crippen LogP contribution in [0.15, 0.2) is 0 Å². The molecule has 0 radical (unpaired) electrons. The van der Waals surface area contributed by atoms with E-state index < -0.39 is 0 Å². The van der Waals surface area contributed by atoms with Crippen LogP contribution in [0.3, 0.4) is 0 Å². The molecule has 0 amide bonds. The van der Waals surface area contributed by atoms with Crippen LogP contribution in [0.2, 0.25) is 0 Å². The molecule has 1 aromatic rings. The highest BCUT2D eigenvalue weighted by molar-refractivity contribution is 4.92. The molecule has 0 unspecified atom stereocenters. The molecule has 1 aliphatic carbocycles. The zero-order valence-electron chi connectivity index (χ0n) is 10.5. The van der Waals surface area contributed by atoms with Gasteiger partial charge in [0.05, 0.1) is 6.54 Å². The lowest BCUT2D eigenvalue weighted by molar-refractivity contribution is 0.304. The third-order valence-corrected chi connectivity index (χ3v) is 3.75. The van der Waals surface area contributed by atoms with Crippen molar-refractivity contribution in [3.05, 3.63) is 11.6 Å². The molecular weight excluding hydrogens is 200 g/mol. The van der Waals surface area contributed by atoms with Gasteiger partial charge in [-0.25, -0.2) is 0 Å². The molecule has 2 rings (SSSR count). The lowest BCUT2D eigenvalue weighted by atomic mass is 9.87. The van der Waals surface area contributed by atoms with Gasteiger partial charge in [-0.1, -0.05) is 6.92 Å². The second-order valence-corrected chi connectivity index (χ2v) is 5.06. The quantitative estimate of drug-likeness (QED) is 0.848. The Morgan fingerprint density at radius 3 is 2.50 bits per heavy atom. The van der Waals surface area contributed by atoms with E-state index in [1.165, 1.54) is 25.7 Å². The van der Waals surface area contributed by atoms with Crippen molar-refractivity contribution in [1.82, 2.24) is 20.1 Å². The SMILES string of the molecule is Cc1nnc(CNC2CCC(C)CC2)n1C. The molecule has 1 aromatic heterocycles. The number of nitrogens with zero attached hydrogens (tertiary/aromatic N) is 3. The van der Waals surface area contributed by atoms with Gasteiger partial charge >= 0.3 is 0 Å². The van der Waals surface area contributed by atoms with Crippen LogP contribution < -0.4 is 5.32 Å². The predicted molar refractivity (Wildman–Crippen MR) is 64.0 cm³/mol. The number of nitrogens with one attached hydrogen (secondary N) is 1. The van der Waals surface area contributed by atoms with E-state index in [2.05, 4.69) is 27.0 Å². The smallest absolute Gasteiger partial charge is 0.146 e. The highest BCUT2D eigenvalue weighted by atomic mass is 15.3. The Labute approximate surface area is 97.5 Å². The van der Waals surface area contributed by atoms with Gasteiger partial charge in [-0.05, 0) is 38.5 Å². The number of aromatic nitrogens is 3. The van der Waals surface area contributed by atoms with Crippen LogP contribution in [0.4, 0.5) is 0 Å². The molecule has 1 fully saturated rings. The second kappa shape index (κ2) is 4.95. The Kier molecular flexibility index (Phi) is 3.59. The molecule has 0 bridgehead atoms. The maximum Gasteiger partial charge on any atom is 0.146 e. The third kappa shape index (κ3) is 2.61. The fourth-order valence-corrected chi connectivity index (χ4v) is 2.30. The summed E-state index contributed by atoms with van der Waals surface area (Å²) in [5.41, 5.74) is 0. The molecule has 0 spiro atoms. The third-order valence-electron chi connectivity index (χ3n) is 3.75. The van der Waals surface area contributed by atoms with E-state index in [0.29, 0.717) is 6.04 Å². The van der Waals surface area contributed by atoms with E-state index in [-0.39, 0.29) is 0 Å². The molecule has 1 aliphatic rings. The fourth-order valence-electron chi connectivity index (χ4n) is 2.30. The van der Waals surface area contributed by atoms with Gasteiger partial charge in [-0.2, -0.15) is 0 Å². The molecule has 4 nitrogen and oxygen atoms in total. The van der Waals surface area contributed by atoms with Gasteiger partial charge in [0, 0.05) is 13.1 Å². The Balaban J connectivity index is 1.81. The molecule has 0 aromatic carbocycles. The van der Waals surface area contributed by atoms with Crippen molar-refractivity contribution >= 4 is 0 Å². The van der Waals surface area contributed by atoms with E-state index in [1.807, 2.05) is 14.0 Å². The molecule has 0 aliphatic heterocycles. The van der Waals surface area contributed by atoms with E-state index in [0.717, 1.165) is 24.1 Å². The molecule has 1 heterocycles. The van der Waals surface area contributed by atoms with Gasteiger partial charge in [-0.15, -0.1) is 10.2 Å². The summed E-state index contributed by atoms with van der Waals surface area (Å²) in [6.07, 6.45) is 5.32. The maximum absolute atomic E-state index is 4.17. The number of rotatable bonds is 3. The first-order chi connectivity index (χ1) is 7.66. The van der Waals surface area contributed by atoms with Crippen LogP contribution in [0, 0.1) is 12.8 Å². The molecule has 0 atom stereocenters. The monoisotopic (exact) mass is 222 g/mol. The number of hydrogen-bond acceptors (Lipinski definition) is 3. The largest absolute Gasteiger partial charge is 0.317 e. The highest BCUT2D eigenvalue weighted by Crippen LogP contribution is 2.23. The first-order valence-corrected chi connectivity index (χ1v) is 6.25. The van der Waals surface area contributed by atoms with Gasteiger partial charge in [0.25, 0.3) is 0 Å². The van der Waals surface area contributed by atoms with E-state index in [9.17, 15) is 0 Å². The van der Waals surface area contributed by atoms with Crippen molar-refractivity contribution in [3.8, 4) is 0 Å². The van der Waals surface area contributed by atoms with Crippen LogP contribution in [0.25, 0.3) is 0 Å². The van der Waals surface area contributed by atoms with Crippen LogP contribution in [-0.2, 0) is 13.6 Å². The van der Waals surface area contributed by atoms with Gasteiger partial charge in [-0.3, -0.25) is 0 Å². The Morgan fingerprint density at radius 1 is 1.25 bits per heavy atom. The molecule has 0 saturated heterocycles. The number of hydrogen-bond donors (Lipinski definition) is 1. The van der Waals surface area contributed by atoms with Crippen molar-refractivity contribution in [3.63, 3.8) is 0 Å². The normalized spacial score (nSPS) is 25.9. The van der Waals surface area contributed by atoms with Crippen LogP contribution in [0.1, 0.15) is 44.3 Å². The summed E-state index contributed by atoms with van der Waals surface area (Å²) in [4.78, 5) is 0. The minimum atomic E-state index is 0.674. The van der Waals surface area contributed by atoms with Crippen LogP contribution in [0.5, 0.6) is 0 Å². The molecular formula is C12H22N4. The van der Waals surface area contributed by atoms with Gasteiger partial charge in [0.1, 0.15) is 11.6 Å². The van der Waals surface area contributed by atoms with Gasteiger partial charge in [0.15, 0.2) is 0 Å². The van der Waals surface area contributed by atoms with Crippen LogP contribution >= 0.6 is 0 Å². The summed E-state index contributed by atoms with van der Waals surface area (Å²) in [5.74, 6) is 2.93. The lowest BCUT2D eigenvalue weighted by Gasteiger charge is -2.26. The minimum absolute atomic E-state index is 0.674. The minimum Gasteiger partial charge on any atom is -0.317 e. The highest BCUT2D eigenvalue weighted by Gasteiger charge is 2.18. The average molecular weight is 222 g/mol. The average Bonchev–Trinajstić information content (AvgIpc) is 2.60. The van der Waals surface area contributed by atoms with Crippen molar-refractivity contribution in [1.29, 1.82) is 0 Å². The zero-order chi connectivity index (χ0) is 11.5. The van der Waals surface area contributed by atoms with Crippen molar-refractivity contribution in [2.75, 3.05) is 0 Å². The topological polar surface area (TPSA) is 42.7 Å². The Morgan fingerprint density at radius 2 is 1.94 bits per heavy atom. The molecule has 1 N–H and O–H groups in total. The fraction of sp³-hybridized carbons (Fsp3) is 0.833. The standard InChI is InChI=1S/C12H22N4/c1-9-4-6-11(7-5-9)13-8-12-15-14-10(2)16(12)3/h9,11,13H,4-8H2,1-3H3. The van der Waals surface area contributed by atoms with E-state index >= 15 is 0 Å². The lowest BCUT2D eigenvalue weighted by Crippen LogP contribution is -2.33. The first kappa shape index (κ1) is 11.6. The molecule has 16 heavy (non-hydrogen) atoms. The summed E-state index contributed by atoms with van der Waals surface area (Å²) in [6.45, 7) is 5.18. The van der Waals surface area contributed by atoms with E-state index in [4.69, 9.17) is 0 Å². The summed E-state index contributed by atoms with van der Waals surface area (Å²) in [5, 5.41) is 11.8. The maximum atomic E-state index is 4.17. The van der Waals surface area contributed by atoms with Crippen LogP contribution in [-0.4, -0.2) is 20.8 Å². The van der Waals surface area contributed by atoms with Gasteiger partial charge < -0.3 is 9.88 Å². The summed E-state index contributed by atoms with van der Waals surface area (Å²) < 4.78 is 2.05. The predicted octanol–water partition coefficient (Wildman–Crippen LogP) is 1.79. The van der Waals surface area contributed by atoms with Gasteiger partial charge in [0.2, 0.25) is 0 Å². The Hall–Kier alpha value is -0.900. The number of aryl methyl sites for hydroxylation is 1. The van der Waals surface area contributed by atoms with Crippen molar-refractivity contribution in [2.24, 2.45) is 13.0 Å². The van der Waals surface area contributed by atoms with E-state index in [1.54, 1.807) is 0 Å². The summed E-state index contributed by atoms with van der Waals surface area (Å²) >= 11 is 0. The summed E-state index contributed by atoms with van der Waals surface area (Å²) in [6, 6.07) is 0.674. The summed E-state index contributed by atoms with van der Waals surface area (Å²) in [7, 11) is 2.02. The Bertz CT molecular complexity index is 337. The zero-order valence-corrected chi connectivity index (χ0v) is 10.5. The van der Waals surface area contributed by atoms with Crippen molar-refractivity contribution < 1.29 is 0 Å². The molecule has 90 valence electrons. The second-order valence-electron chi connectivity index (χ2n) is 5.06. The molecule has 1 saturated carbocycles. The molecule has 4 heteroatoms. The first-order valence-electron chi connectivity index (χ1n) is 6.25.